The SMILES string of the molecule is O=C(N[C@@H](Cc1ccccc1)C(=O)Nc1ccc(C(=O)NCC(c2ccccc2)c2ccccc2)c(NC(=O)[C@H](Cc2ccccc2)NC(=O)OCc2ccccc2)c1)OCc1ccccc1. The van der Waals surface area contributed by atoms with Crippen molar-refractivity contribution in [1.29, 1.82) is 0 Å². The molecule has 0 aliphatic rings. The van der Waals surface area contributed by atoms with Crippen LogP contribution >= 0.6 is 0 Å². The Morgan fingerprint density at radius 1 is 0.433 bits per heavy atom. The van der Waals surface area contributed by atoms with E-state index in [-0.39, 0.29) is 55.5 Å². The van der Waals surface area contributed by atoms with Crippen molar-refractivity contribution in [3.05, 3.63) is 239 Å². The molecule has 0 fully saturated rings. The Balaban J connectivity index is 1.15. The average molecular weight is 894 g/mol. The number of amides is 5. The summed E-state index contributed by atoms with van der Waals surface area (Å²) in [6.07, 6.45) is -1.38. The maximum atomic E-state index is 14.4. The van der Waals surface area contributed by atoms with E-state index >= 15 is 0 Å². The lowest BCUT2D eigenvalue weighted by Gasteiger charge is -2.22. The first-order chi connectivity index (χ1) is 32.8. The van der Waals surface area contributed by atoms with Gasteiger partial charge in [-0.2, -0.15) is 0 Å². The fraction of sp³-hybridized carbons (Fsp3) is 0.145. The summed E-state index contributed by atoms with van der Waals surface area (Å²) in [6.45, 7) is 0.203. The minimum Gasteiger partial charge on any atom is -0.445 e. The van der Waals surface area contributed by atoms with Gasteiger partial charge in [0, 0.05) is 31.0 Å². The van der Waals surface area contributed by atoms with Gasteiger partial charge in [0.15, 0.2) is 0 Å². The van der Waals surface area contributed by atoms with Crippen LogP contribution in [0.25, 0.3) is 0 Å². The second-order valence-electron chi connectivity index (χ2n) is 15.7. The van der Waals surface area contributed by atoms with E-state index in [1.807, 2.05) is 182 Å². The molecule has 12 nitrogen and oxygen atoms in total. The highest BCUT2D eigenvalue weighted by Crippen LogP contribution is 2.26. The first kappa shape index (κ1) is 46.5. The number of carbonyl (C=O) groups is 5. The Bertz CT molecular complexity index is 2650. The van der Waals surface area contributed by atoms with Gasteiger partial charge in [-0.15, -0.1) is 0 Å². The van der Waals surface area contributed by atoms with Gasteiger partial charge in [0.05, 0.1) is 11.3 Å². The summed E-state index contributed by atoms with van der Waals surface area (Å²) in [5.74, 6) is -1.91. The minimum atomic E-state index is -1.15. The Kier molecular flexibility index (Phi) is 16.6. The number of hydrogen-bond acceptors (Lipinski definition) is 7. The molecule has 67 heavy (non-hydrogen) atoms. The maximum Gasteiger partial charge on any atom is 0.408 e. The Hall–Kier alpha value is -8.51. The van der Waals surface area contributed by atoms with E-state index in [4.69, 9.17) is 9.47 Å². The van der Waals surface area contributed by atoms with Gasteiger partial charge < -0.3 is 36.1 Å². The molecule has 0 aliphatic carbocycles. The largest absolute Gasteiger partial charge is 0.445 e. The molecule has 338 valence electrons. The molecule has 0 aromatic heterocycles. The van der Waals surface area contributed by atoms with Crippen LogP contribution < -0.4 is 26.6 Å². The second-order valence-corrected chi connectivity index (χ2v) is 15.7. The lowest BCUT2D eigenvalue weighted by atomic mass is 9.91. The molecule has 7 aromatic rings. The fourth-order valence-electron chi connectivity index (χ4n) is 7.39. The highest BCUT2D eigenvalue weighted by atomic mass is 16.6. The van der Waals surface area contributed by atoms with Crippen LogP contribution in [0.3, 0.4) is 0 Å². The van der Waals surface area contributed by atoms with Gasteiger partial charge in [-0.05, 0) is 51.6 Å². The summed E-state index contributed by atoms with van der Waals surface area (Å²) in [5.41, 5.74) is 5.46. The maximum absolute atomic E-state index is 14.4. The summed E-state index contributed by atoms with van der Waals surface area (Å²) in [6, 6.07) is 58.6. The Morgan fingerprint density at radius 2 is 0.821 bits per heavy atom. The van der Waals surface area contributed by atoms with Gasteiger partial charge in [0.2, 0.25) is 11.8 Å². The molecule has 7 rings (SSSR count). The van der Waals surface area contributed by atoms with Gasteiger partial charge >= 0.3 is 12.2 Å². The molecule has 0 heterocycles. The van der Waals surface area contributed by atoms with Gasteiger partial charge in [-0.3, -0.25) is 14.4 Å². The highest BCUT2D eigenvalue weighted by Gasteiger charge is 2.27. The third kappa shape index (κ3) is 14.2. The van der Waals surface area contributed by atoms with Crippen molar-refractivity contribution in [3.8, 4) is 0 Å². The van der Waals surface area contributed by atoms with Crippen molar-refractivity contribution in [2.24, 2.45) is 0 Å². The van der Waals surface area contributed by atoms with Gasteiger partial charge in [0.1, 0.15) is 25.3 Å². The molecule has 2 atom stereocenters. The molecule has 5 N–H and O–H groups in total. The van der Waals surface area contributed by atoms with Gasteiger partial charge in [-0.1, -0.05) is 182 Å². The van der Waals surface area contributed by atoms with Gasteiger partial charge in [0.25, 0.3) is 5.91 Å². The molecule has 0 aliphatic heterocycles. The molecule has 0 unspecified atom stereocenters. The first-order valence-corrected chi connectivity index (χ1v) is 21.9. The van der Waals surface area contributed by atoms with Crippen LogP contribution in [0.5, 0.6) is 0 Å². The Labute approximate surface area is 389 Å². The molecule has 0 spiro atoms. The van der Waals surface area contributed by atoms with Crippen LogP contribution in [0.15, 0.2) is 200 Å². The van der Waals surface area contributed by atoms with Crippen LogP contribution in [-0.4, -0.2) is 48.5 Å². The number of nitrogens with one attached hydrogen (secondary N) is 5. The van der Waals surface area contributed by atoms with E-state index in [1.54, 1.807) is 6.07 Å². The summed E-state index contributed by atoms with van der Waals surface area (Å²) in [7, 11) is 0. The van der Waals surface area contributed by atoms with Crippen LogP contribution in [0.1, 0.15) is 49.7 Å². The number of alkyl carbamates (subject to hydrolysis) is 2. The zero-order valence-corrected chi connectivity index (χ0v) is 36.7. The molecular weight excluding hydrogens is 843 g/mol. The molecule has 0 saturated heterocycles. The first-order valence-electron chi connectivity index (χ1n) is 21.9. The molecule has 0 radical (unpaired) electrons. The average Bonchev–Trinajstić information content (AvgIpc) is 3.36. The van der Waals surface area contributed by atoms with E-state index in [0.717, 1.165) is 33.4 Å². The fourth-order valence-corrected chi connectivity index (χ4v) is 7.39. The predicted octanol–water partition coefficient (Wildman–Crippen LogP) is 9.20. The van der Waals surface area contributed by atoms with Gasteiger partial charge in [-0.25, -0.2) is 9.59 Å². The van der Waals surface area contributed by atoms with E-state index in [0.29, 0.717) is 0 Å². The monoisotopic (exact) mass is 893 g/mol. The summed E-state index contributed by atoms with van der Waals surface area (Å²) in [4.78, 5) is 69.1. The number of rotatable bonds is 19. The zero-order valence-electron chi connectivity index (χ0n) is 36.7. The van der Waals surface area contributed by atoms with Crippen molar-refractivity contribution in [1.82, 2.24) is 16.0 Å². The summed E-state index contributed by atoms with van der Waals surface area (Å²) >= 11 is 0. The smallest absolute Gasteiger partial charge is 0.408 e. The van der Waals surface area contributed by atoms with E-state index in [2.05, 4.69) is 26.6 Å². The topological polar surface area (TPSA) is 164 Å². The number of carbonyl (C=O) groups excluding carboxylic acids is 5. The Morgan fingerprint density at radius 3 is 1.25 bits per heavy atom. The van der Waals surface area contributed by atoms with E-state index in [1.165, 1.54) is 12.1 Å². The minimum absolute atomic E-state index is 0.00124. The quantitative estimate of drug-likeness (QED) is 0.0541. The lowest BCUT2D eigenvalue weighted by molar-refractivity contribution is -0.118. The summed E-state index contributed by atoms with van der Waals surface area (Å²) in [5, 5.41) is 14.2. The normalized spacial score (nSPS) is 11.6. The van der Waals surface area contributed by atoms with E-state index in [9.17, 15) is 24.0 Å². The highest BCUT2D eigenvalue weighted by molar-refractivity contribution is 6.07. The van der Waals surface area contributed by atoms with E-state index < -0.39 is 42.0 Å². The van der Waals surface area contributed by atoms with Crippen molar-refractivity contribution in [2.75, 3.05) is 17.2 Å². The summed E-state index contributed by atoms with van der Waals surface area (Å²) < 4.78 is 11.0. The van der Waals surface area contributed by atoms with Crippen LogP contribution in [0.4, 0.5) is 21.0 Å². The third-order valence-electron chi connectivity index (χ3n) is 10.9. The van der Waals surface area contributed by atoms with Crippen molar-refractivity contribution < 1.29 is 33.4 Å². The second kappa shape index (κ2) is 24.0. The third-order valence-corrected chi connectivity index (χ3v) is 10.9. The van der Waals surface area contributed by atoms with Crippen molar-refractivity contribution in [2.45, 2.75) is 44.1 Å². The van der Waals surface area contributed by atoms with Crippen LogP contribution in [-0.2, 0) is 45.1 Å². The molecule has 0 bridgehead atoms. The number of anilines is 2. The molecule has 7 aromatic carbocycles. The molecule has 0 saturated carbocycles. The standard InChI is InChI=1S/C55H51N5O7/c61-51(56-36-47(43-27-15-5-16-28-43)44-29-17-6-18-30-44)46-32-31-45(57-52(62)49(33-39-19-7-1-8-20-39)59-54(64)66-37-41-23-11-3-12-24-41)35-48(46)58-53(63)50(34-40-21-9-2-10-22-40)60-55(65)67-38-42-25-13-4-14-26-42/h1-32,35,47,49-50H,33-34,36-38H2,(H,56,61)(H,57,62)(H,58,63)(H,59,64)(H,60,65)/t49-,50-/m0/s1. The van der Waals surface area contributed by atoms with Crippen molar-refractivity contribution in [3.63, 3.8) is 0 Å². The van der Waals surface area contributed by atoms with Crippen LogP contribution in [0, 0.1) is 0 Å². The molecule has 5 amide bonds. The zero-order chi connectivity index (χ0) is 46.6. The number of ether oxygens (including phenoxy) is 2. The molecular formula is C55H51N5O7. The van der Waals surface area contributed by atoms with Crippen LogP contribution in [0.2, 0.25) is 0 Å². The molecule has 12 heteroatoms. The predicted molar refractivity (Wildman–Crippen MR) is 258 cm³/mol. The van der Waals surface area contributed by atoms with Crippen molar-refractivity contribution >= 4 is 41.3 Å². The lowest BCUT2D eigenvalue weighted by Crippen LogP contribution is -2.46. The number of benzene rings is 7. The number of hydrogen-bond donors (Lipinski definition) is 5.